The summed E-state index contributed by atoms with van der Waals surface area (Å²) in [7, 11) is 1.97. The third kappa shape index (κ3) is 4.33. The Hall–Kier alpha value is -3.71. The van der Waals surface area contributed by atoms with Crippen LogP contribution >= 0.6 is 11.6 Å². The van der Waals surface area contributed by atoms with Crippen LogP contribution in [0.3, 0.4) is 0 Å². The molecule has 0 spiro atoms. The Morgan fingerprint density at radius 3 is 2.59 bits per heavy atom. The number of nitrogens with zero attached hydrogens (tertiary/aromatic N) is 5. The molecule has 7 nitrogen and oxygen atoms in total. The second kappa shape index (κ2) is 9.20. The summed E-state index contributed by atoms with van der Waals surface area (Å²) >= 11 is 6.04. The summed E-state index contributed by atoms with van der Waals surface area (Å²) in [4.78, 5) is 17.0. The first-order chi connectivity index (χ1) is 15.6. The number of hydrogen-bond acceptors (Lipinski definition) is 6. The van der Waals surface area contributed by atoms with Crippen LogP contribution in [-0.4, -0.2) is 24.5 Å². The van der Waals surface area contributed by atoms with Crippen LogP contribution < -0.4 is 10.1 Å². The molecule has 3 aromatic heterocycles. The molecule has 0 atom stereocenters. The Labute approximate surface area is 191 Å². The van der Waals surface area contributed by atoms with Crippen LogP contribution in [0.1, 0.15) is 19.4 Å². The van der Waals surface area contributed by atoms with Gasteiger partial charge in [-0.3, -0.25) is 0 Å². The van der Waals surface area contributed by atoms with Gasteiger partial charge in [-0.05, 0) is 48.9 Å². The molecule has 0 unspecified atom stereocenters. The van der Waals surface area contributed by atoms with Crippen LogP contribution in [0.4, 0.5) is 11.5 Å². The summed E-state index contributed by atoms with van der Waals surface area (Å²) in [5.74, 6) is 2.18. The van der Waals surface area contributed by atoms with Crippen molar-refractivity contribution in [2.45, 2.75) is 20.8 Å². The maximum atomic E-state index is 6.09. The Morgan fingerprint density at radius 1 is 0.938 bits per heavy atom. The minimum Gasteiger partial charge on any atom is -0.457 e. The lowest BCUT2D eigenvalue weighted by Crippen LogP contribution is -1.97. The smallest absolute Gasteiger partial charge is 0.141 e. The molecule has 5 rings (SSSR count). The first-order valence-corrected chi connectivity index (χ1v) is 10.7. The van der Waals surface area contributed by atoms with Crippen LogP contribution in [0.2, 0.25) is 5.15 Å². The molecule has 32 heavy (non-hydrogen) atoms. The number of hydrogen-bond donors (Lipinski definition) is 1. The number of halogens is 1. The highest BCUT2D eigenvalue weighted by molar-refractivity contribution is 6.30. The molecule has 0 saturated heterocycles. The second-order valence-electron chi connectivity index (χ2n) is 6.96. The number of aromatic nitrogens is 5. The van der Waals surface area contributed by atoms with Gasteiger partial charge in [0.25, 0.3) is 0 Å². The highest BCUT2D eigenvalue weighted by atomic mass is 35.5. The van der Waals surface area contributed by atoms with E-state index in [1.807, 2.05) is 68.8 Å². The van der Waals surface area contributed by atoms with E-state index in [0.29, 0.717) is 11.0 Å². The Balaban J connectivity index is 0.00000119. The number of anilines is 2. The number of imidazole rings is 1. The third-order valence-electron chi connectivity index (χ3n) is 4.85. The largest absolute Gasteiger partial charge is 0.457 e. The van der Waals surface area contributed by atoms with Crippen molar-refractivity contribution in [1.82, 2.24) is 24.5 Å². The highest BCUT2D eigenvalue weighted by Crippen LogP contribution is 2.31. The van der Waals surface area contributed by atoms with E-state index in [-0.39, 0.29) is 0 Å². The molecule has 0 aliphatic heterocycles. The Kier molecular flexibility index (Phi) is 6.18. The predicted molar refractivity (Wildman–Crippen MR) is 129 cm³/mol. The zero-order valence-corrected chi connectivity index (χ0v) is 19.1. The molecule has 0 aliphatic carbocycles. The van der Waals surface area contributed by atoms with Gasteiger partial charge in [-0.2, -0.15) is 0 Å². The SMILES string of the molecule is CC.Cc1cc(Nc2ncnc3cnc(Cl)cc23)ccc1Oc1ccc2c(c1)ncn2C. The molecule has 0 amide bonds. The molecule has 3 heterocycles. The van der Waals surface area contributed by atoms with Gasteiger partial charge in [-0.1, -0.05) is 25.4 Å². The molecule has 0 saturated carbocycles. The molecule has 0 aliphatic rings. The monoisotopic (exact) mass is 446 g/mol. The molecule has 5 aromatic rings. The van der Waals surface area contributed by atoms with Crippen molar-refractivity contribution < 1.29 is 4.74 Å². The Morgan fingerprint density at radius 2 is 1.78 bits per heavy atom. The van der Waals surface area contributed by atoms with E-state index in [1.165, 1.54) is 6.33 Å². The molecule has 0 radical (unpaired) electrons. The van der Waals surface area contributed by atoms with Gasteiger partial charge < -0.3 is 14.6 Å². The van der Waals surface area contributed by atoms with Crippen LogP contribution in [0.15, 0.2) is 61.3 Å². The molecule has 0 bridgehead atoms. The number of benzene rings is 2. The van der Waals surface area contributed by atoms with Gasteiger partial charge in [0.2, 0.25) is 0 Å². The van der Waals surface area contributed by atoms with Gasteiger partial charge in [-0.25, -0.2) is 19.9 Å². The van der Waals surface area contributed by atoms with Gasteiger partial charge in [0.05, 0.1) is 29.1 Å². The summed E-state index contributed by atoms with van der Waals surface area (Å²) < 4.78 is 8.07. The lowest BCUT2D eigenvalue weighted by molar-refractivity contribution is 0.479. The van der Waals surface area contributed by atoms with Gasteiger partial charge in [0.1, 0.15) is 28.8 Å². The van der Waals surface area contributed by atoms with E-state index in [0.717, 1.165) is 44.7 Å². The molecule has 162 valence electrons. The molecule has 1 N–H and O–H groups in total. The standard InChI is InChI=1S/C22H17ClN6O.C2H6/c1-13-7-14(28-22-16-9-21(23)24-10-18(16)25-11-26-22)3-6-20(13)30-15-4-5-19-17(8-15)27-12-29(19)2;1-2/h3-12H,1-2H3,(H,25,26,28);1-2H3. The number of ether oxygens (including phenoxy) is 1. The van der Waals surface area contributed by atoms with Crippen LogP contribution in [0.5, 0.6) is 11.5 Å². The van der Waals surface area contributed by atoms with Crippen molar-refractivity contribution in [2.75, 3.05) is 5.32 Å². The topological polar surface area (TPSA) is 77.8 Å². The van der Waals surface area contributed by atoms with Crippen LogP contribution in [0, 0.1) is 6.92 Å². The Bertz CT molecular complexity index is 1400. The third-order valence-corrected chi connectivity index (χ3v) is 5.06. The van der Waals surface area contributed by atoms with E-state index in [2.05, 4.69) is 25.3 Å². The van der Waals surface area contributed by atoms with E-state index in [4.69, 9.17) is 16.3 Å². The molecular weight excluding hydrogens is 424 g/mol. The summed E-state index contributed by atoms with van der Waals surface area (Å²) in [6.45, 7) is 6.00. The molecule has 0 fully saturated rings. The van der Waals surface area contributed by atoms with Crippen LogP contribution in [0.25, 0.3) is 21.9 Å². The second-order valence-corrected chi connectivity index (χ2v) is 7.35. The lowest BCUT2D eigenvalue weighted by Gasteiger charge is -2.12. The first-order valence-electron chi connectivity index (χ1n) is 10.3. The van der Waals surface area contributed by atoms with Crippen molar-refractivity contribution in [1.29, 1.82) is 0 Å². The molecular formula is C24H23ClN6O. The molecule has 8 heteroatoms. The van der Waals surface area contributed by atoms with Crippen molar-refractivity contribution in [3.05, 3.63) is 72.0 Å². The van der Waals surface area contributed by atoms with Gasteiger partial charge >= 0.3 is 0 Å². The number of rotatable bonds is 4. The zero-order chi connectivity index (χ0) is 22.7. The summed E-state index contributed by atoms with van der Waals surface area (Å²) in [6, 6.07) is 13.5. The van der Waals surface area contributed by atoms with E-state index >= 15 is 0 Å². The number of pyridine rings is 1. The van der Waals surface area contributed by atoms with Crippen molar-refractivity contribution >= 4 is 45.0 Å². The summed E-state index contributed by atoms with van der Waals surface area (Å²) in [6.07, 6.45) is 4.92. The van der Waals surface area contributed by atoms with E-state index in [9.17, 15) is 0 Å². The fourth-order valence-electron chi connectivity index (χ4n) is 3.32. The number of fused-ring (bicyclic) bond motifs is 2. The van der Waals surface area contributed by atoms with E-state index < -0.39 is 0 Å². The minimum absolute atomic E-state index is 0.394. The normalized spacial score (nSPS) is 10.7. The minimum atomic E-state index is 0.394. The van der Waals surface area contributed by atoms with Gasteiger partial charge in [0, 0.05) is 24.2 Å². The molecule has 2 aromatic carbocycles. The summed E-state index contributed by atoms with van der Waals surface area (Å²) in [5.41, 5.74) is 4.55. The number of aryl methyl sites for hydroxylation is 2. The fourth-order valence-corrected chi connectivity index (χ4v) is 3.48. The summed E-state index contributed by atoms with van der Waals surface area (Å²) in [5, 5.41) is 4.53. The lowest BCUT2D eigenvalue weighted by atomic mass is 10.2. The average Bonchev–Trinajstić information content (AvgIpc) is 3.17. The zero-order valence-electron chi connectivity index (χ0n) is 18.3. The average molecular weight is 447 g/mol. The highest BCUT2D eigenvalue weighted by Gasteiger charge is 2.09. The quantitative estimate of drug-likeness (QED) is 0.320. The maximum absolute atomic E-state index is 6.09. The predicted octanol–water partition coefficient (Wildman–Crippen LogP) is 6.44. The van der Waals surface area contributed by atoms with Crippen molar-refractivity contribution in [3.63, 3.8) is 0 Å². The van der Waals surface area contributed by atoms with Gasteiger partial charge in [-0.15, -0.1) is 0 Å². The van der Waals surface area contributed by atoms with Crippen molar-refractivity contribution in [3.8, 4) is 11.5 Å². The van der Waals surface area contributed by atoms with Gasteiger partial charge in [0.15, 0.2) is 0 Å². The van der Waals surface area contributed by atoms with E-state index in [1.54, 1.807) is 18.6 Å². The fraction of sp³-hybridized carbons (Fsp3) is 0.167. The van der Waals surface area contributed by atoms with Crippen LogP contribution in [-0.2, 0) is 7.05 Å². The maximum Gasteiger partial charge on any atom is 0.141 e. The number of nitrogens with one attached hydrogen (secondary N) is 1. The first kappa shape index (κ1) is 21.5. The van der Waals surface area contributed by atoms with Crippen molar-refractivity contribution in [2.24, 2.45) is 7.05 Å².